The summed E-state index contributed by atoms with van der Waals surface area (Å²) < 4.78 is 13.5. The van der Waals surface area contributed by atoms with E-state index in [9.17, 15) is 9.18 Å². The second-order valence-corrected chi connectivity index (χ2v) is 5.54. The Morgan fingerprint density at radius 1 is 1.25 bits per heavy atom. The Hall–Kier alpha value is -1.09. The molecule has 0 aliphatic heterocycles. The van der Waals surface area contributed by atoms with Crippen LogP contribution in [0, 0.1) is 5.41 Å². The number of hydrogen-bond acceptors (Lipinski definition) is 2. The Kier molecular flexibility index (Phi) is 4.30. The van der Waals surface area contributed by atoms with Crippen molar-refractivity contribution in [3.05, 3.63) is 41.1 Å². The molecule has 0 aliphatic rings. The van der Waals surface area contributed by atoms with Crippen LogP contribution in [0.5, 0.6) is 0 Å². The molecule has 0 aromatic heterocycles. The molecule has 0 fully saturated rings. The van der Waals surface area contributed by atoms with Crippen molar-refractivity contribution in [3.8, 4) is 0 Å². The molecule has 1 nitrogen and oxygen atoms in total. The third kappa shape index (κ3) is 3.49. The molecule has 1 aromatic rings. The largest absolute Gasteiger partial charge is 0.295 e. The predicted octanol–water partition coefficient (Wildman–Crippen LogP) is 4.20. The van der Waals surface area contributed by atoms with Crippen LogP contribution in [0.1, 0.15) is 20.8 Å². The second-order valence-electron chi connectivity index (χ2n) is 4.46. The summed E-state index contributed by atoms with van der Waals surface area (Å²) in [7, 11) is 0. The van der Waals surface area contributed by atoms with Gasteiger partial charge in [-0.3, -0.25) is 4.79 Å². The number of halogens is 1. The van der Waals surface area contributed by atoms with Crippen LogP contribution in [0.3, 0.4) is 0 Å². The quantitative estimate of drug-likeness (QED) is 0.446. The topological polar surface area (TPSA) is 17.1 Å². The Bertz CT molecular complexity index is 390. The predicted molar refractivity (Wildman–Crippen MR) is 66.0 cm³/mol. The highest BCUT2D eigenvalue weighted by molar-refractivity contribution is 8.03. The van der Waals surface area contributed by atoms with E-state index in [1.165, 1.54) is 11.8 Å². The first-order valence-corrected chi connectivity index (χ1v) is 5.85. The van der Waals surface area contributed by atoms with Gasteiger partial charge in [0, 0.05) is 9.80 Å². The number of rotatable bonds is 3. The zero-order valence-electron chi connectivity index (χ0n) is 9.66. The molecule has 0 aliphatic carbocycles. The summed E-state index contributed by atoms with van der Waals surface area (Å²) in [6.45, 7) is 5.67. The lowest BCUT2D eigenvalue weighted by molar-refractivity contribution is -0.106. The van der Waals surface area contributed by atoms with E-state index in [1.54, 1.807) is 0 Å². The number of allylic oxidation sites excluding steroid dienone is 2. The molecule has 0 saturated heterocycles. The summed E-state index contributed by atoms with van der Waals surface area (Å²) in [5.41, 5.74) is -0.370. The first-order valence-electron chi connectivity index (χ1n) is 5.03. The molecule has 0 radical (unpaired) electrons. The Labute approximate surface area is 99.7 Å². The van der Waals surface area contributed by atoms with E-state index in [1.807, 2.05) is 51.1 Å². The molecule has 16 heavy (non-hydrogen) atoms. The standard InChI is InChI=1S/C13H15FOS/c1-13(2,3)12(11(14)9-15)16-10-7-5-4-6-8-10/h4-9H,1-3H3/b12-11+. The molecule has 0 bridgehead atoms. The van der Waals surface area contributed by atoms with Crippen molar-refractivity contribution in [2.45, 2.75) is 25.7 Å². The summed E-state index contributed by atoms with van der Waals surface area (Å²) >= 11 is 1.30. The first kappa shape index (κ1) is 13.0. The number of benzene rings is 1. The minimum atomic E-state index is -0.679. The Balaban J connectivity index is 3.03. The fourth-order valence-corrected chi connectivity index (χ4v) is 2.20. The van der Waals surface area contributed by atoms with E-state index in [0.29, 0.717) is 4.91 Å². The van der Waals surface area contributed by atoms with Gasteiger partial charge in [-0.1, -0.05) is 50.7 Å². The number of hydrogen-bond donors (Lipinski definition) is 0. The number of carbonyl (C=O) groups excluding carboxylic acids is 1. The van der Waals surface area contributed by atoms with Crippen LogP contribution in [0.15, 0.2) is 46.0 Å². The van der Waals surface area contributed by atoms with Crippen molar-refractivity contribution >= 4 is 18.0 Å². The van der Waals surface area contributed by atoms with Gasteiger partial charge in [-0.05, 0) is 17.5 Å². The summed E-state index contributed by atoms with van der Waals surface area (Å²) in [5, 5.41) is 0. The van der Waals surface area contributed by atoms with E-state index in [4.69, 9.17) is 0 Å². The van der Waals surface area contributed by atoms with E-state index in [2.05, 4.69) is 0 Å². The minimum absolute atomic E-state index is 0.274. The van der Waals surface area contributed by atoms with Gasteiger partial charge in [-0.25, -0.2) is 4.39 Å². The second kappa shape index (κ2) is 5.30. The Morgan fingerprint density at radius 3 is 2.25 bits per heavy atom. The molecule has 0 N–H and O–H groups in total. The van der Waals surface area contributed by atoms with E-state index < -0.39 is 5.83 Å². The maximum atomic E-state index is 13.5. The van der Waals surface area contributed by atoms with Crippen LogP contribution in [-0.2, 0) is 4.79 Å². The van der Waals surface area contributed by atoms with Crippen LogP contribution in [0.2, 0.25) is 0 Å². The van der Waals surface area contributed by atoms with Gasteiger partial charge in [0.15, 0.2) is 12.1 Å². The molecule has 1 rings (SSSR count). The van der Waals surface area contributed by atoms with Crippen molar-refractivity contribution < 1.29 is 9.18 Å². The van der Waals surface area contributed by atoms with Gasteiger partial charge >= 0.3 is 0 Å². The third-order valence-corrected chi connectivity index (χ3v) is 3.48. The lowest BCUT2D eigenvalue weighted by atomic mass is 9.95. The van der Waals surface area contributed by atoms with Crippen LogP contribution in [0.4, 0.5) is 4.39 Å². The van der Waals surface area contributed by atoms with Gasteiger partial charge in [0.25, 0.3) is 0 Å². The molecular formula is C13H15FOS. The molecule has 0 heterocycles. The van der Waals surface area contributed by atoms with Crippen LogP contribution >= 0.6 is 11.8 Å². The highest BCUT2D eigenvalue weighted by Crippen LogP contribution is 2.41. The number of carbonyl (C=O) groups is 1. The highest BCUT2D eigenvalue weighted by atomic mass is 32.2. The average Bonchev–Trinajstić information content (AvgIpc) is 2.25. The highest BCUT2D eigenvalue weighted by Gasteiger charge is 2.22. The molecule has 0 spiro atoms. The molecule has 1 aromatic carbocycles. The van der Waals surface area contributed by atoms with Gasteiger partial charge in [0.05, 0.1) is 0 Å². The molecule has 0 atom stereocenters. The molecule has 3 heteroatoms. The summed E-state index contributed by atoms with van der Waals surface area (Å²) in [4.78, 5) is 11.9. The molecule has 0 amide bonds. The van der Waals surface area contributed by atoms with Crippen LogP contribution in [-0.4, -0.2) is 6.29 Å². The molecule has 0 unspecified atom stereocenters. The maximum absolute atomic E-state index is 13.5. The van der Waals surface area contributed by atoms with Crippen molar-refractivity contribution in [2.75, 3.05) is 0 Å². The Morgan fingerprint density at radius 2 is 1.81 bits per heavy atom. The van der Waals surface area contributed by atoms with Gasteiger partial charge in [-0.2, -0.15) is 0 Å². The van der Waals surface area contributed by atoms with Crippen molar-refractivity contribution in [2.24, 2.45) is 5.41 Å². The molecule has 0 saturated carbocycles. The fourth-order valence-electron chi connectivity index (χ4n) is 1.22. The lowest BCUT2D eigenvalue weighted by Gasteiger charge is -2.22. The van der Waals surface area contributed by atoms with Crippen molar-refractivity contribution in [1.29, 1.82) is 0 Å². The van der Waals surface area contributed by atoms with E-state index >= 15 is 0 Å². The van der Waals surface area contributed by atoms with Crippen LogP contribution in [0.25, 0.3) is 0 Å². The summed E-state index contributed by atoms with van der Waals surface area (Å²) in [6, 6.07) is 9.48. The maximum Gasteiger partial charge on any atom is 0.179 e. The van der Waals surface area contributed by atoms with Gasteiger partial charge in [-0.15, -0.1) is 0 Å². The van der Waals surface area contributed by atoms with Crippen LogP contribution < -0.4 is 0 Å². The van der Waals surface area contributed by atoms with Crippen molar-refractivity contribution in [1.82, 2.24) is 0 Å². The summed E-state index contributed by atoms with van der Waals surface area (Å²) in [6.07, 6.45) is 0.274. The SMILES string of the molecule is CC(C)(C)/C(Sc1ccccc1)=C(\F)C=O. The smallest absolute Gasteiger partial charge is 0.179 e. The van der Waals surface area contributed by atoms with Gasteiger partial charge in [0.2, 0.25) is 0 Å². The average molecular weight is 238 g/mol. The number of aldehydes is 1. The minimum Gasteiger partial charge on any atom is -0.295 e. The molecule has 86 valence electrons. The monoisotopic (exact) mass is 238 g/mol. The zero-order valence-corrected chi connectivity index (χ0v) is 10.5. The first-order chi connectivity index (χ1) is 7.45. The zero-order chi connectivity index (χ0) is 12.2. The van der Waals surface area contributed by atoms with Gasteiger partial charge < -0.3 is 0 Å². The fraction of sp³-hybridized carbons (Fsp3) is 0.308. The van der Waals surface area contributed by atoms with Crippen molar-refractivity contribution in [3.63, 3.8) is 0 Å². The molecular weight excluding hydrogens is 223 g/mol. The normalized spacial score (nSPS) is 13.2. The third-order valence-electron chi connectivity index (χ3n) is 1.96. The van der Waals surface area contributed by atoms with Gasteiger partial charge in [0.1, 0.15) is 0 Å². The summed E-state index contributed by atoms with van der Waals surface area (Å²) in [5.74, 6) is -0.679. The lowest BCUT2D eigenvalue weighted by Crippen LogP contribution is -2.09. The number of thioether (sulfide) groups is 1. The van der Waals surface area contributed by atoms with E-state index in [0.717, 1.165) is 4.90 Å². The van der Waals surface area contributed by atoms with E-state index in [-0.39, 0.29) is 11.7 Å².